The molecule has 3 unspecified atom stereocenters. The highest BCUT2D eigenvalue weighted by Gasteiger charge is 2.62. The Morgan fingerprint density at radius 2 is 2.05 bits per heavy atom. The van der Waals surface area contributed by atoms with Gasteiger partial charge in [-0.15, -0.1) is 0 Å². The van der Waals surface area contributed by atoms with Crippen molar-refractivity contribution in [2.75, 3.05) is 5.73 Å². The maximum absolute atomic E-state index is 13.7. The predicted octanol–water partition coefficient (Wildman–Crippen LogP) is 4.76. The van der Waals surface area contributed by atoms with Crippen LogP contribution >= 0.6 is 15.9 Å². The SMILES string of the molecule is CC1(C)C2CCC1(C)C(Oc1cc(F)c(Br)cc1N)C2. The Hall–Kier alpha value is -0.770. The summed E-state index contributed by atoms with van der Waals surface area (Å²) in [4.78, 5) is 0. The van der Waals surface area contributed by atoms with E-state index < -0.39 is 0 Å². The molecule has 2 aliphatic carbocycles. The van der Waals surface area contributed by atoms with E-state index in [0.717, 1.165) is 6.42 Å². The van der Waals surface area contributed by atoms with E-state index in [9.17, 15) is 4.39 Å². The Morgan fingerprint density at radius 1 is 1.35 bits per heavy atom. The van der Waals surface area contributed by atoms with E-state index in [0.29, 0.717) is 21.8 Å². The van der Waals surface area contributed by atoms with Gasteiger partial charge in [0.1, 0.15) is 17.7 Å². The molecule has 1 aromatic rings. The van der Waals surface area contributed by atoms with Gasteiger partial charge in [0, 0.05) is 11.5 Å². The lowest BCUT2D eigenvalue weighted by Crippen LogP contribution is -2.39. The zero-order valence-corrected chi connectivity index (χ0v) is 13.8. The number of benzene rings is 1. The summed E-state index contributed by atoms with van der Waals surface area (Å²) in [7, 11) is 0. The van der Waals surface area contributed by atoms with Crippen LogP contribution in [0.1, 0.15) is 40.0 Å². The van der Waals surface area contributed by atoms with Crippen LogP contribution in [0.2, 0.25) is 0 Å². The van der Waals surface area contributed by atoms with Gasteiger partial charge in [-0.3, -0.25) is 0 Å². The zero-order chi connectivity index (χ0) is 14.7. The normalized spacial score (nSPS) is 34.5. The van der Waals surface area contributed by atoms with Crippen LogP contribution in [-0.2, 0) is 0 Å². The number of hydrogen-bond acceptors (Lipinski definition) is 2. The summed E-state index contributed by atoms with van der Waals surface area (Å²) in [6.45, 7) is 6.97. The van der Waals surface area contributed by atoms with E-state index in [2.05, 4.69) is 36.7 Å². The monoisotopic (exact) mass is 341 g/mol. The Labute approximate surface area is 128 Å². The highest BCUT2D eigenvalue weighted by atomic mass is 79.9. The largest absolute Gasteiger partial charge is 0.488 e. The van der Waals surface area contributed by atoms with Crippen LogP contribution in [0.5, 0.6) is 5.75 Å². The average Bonchev–Trinajstić information content (AvgIpc) is 2.69. The van der Waals surface area contributed by atoms with Crippen molar-refractivity contribution in [3.05, 3.63) is 22.4 Å². The second-order valence-electron chi connectivity index (χ2n) is 7.02. The van der Waals surface area contributed by atoms with Gasteiger partial charge in [0.25, 0.3) is 0 Å². The lowest BCUT2D eigenvalue weighted by atomic mass is 9.70. The number of fused-ring (bicyclic) bond motifs is 2. The van der Waals surface area contributed by atoms with E-state index in [1.54, 1.807) is 6.07 Å². The number of anilines is 1. The smallest absolute Gasteiger partial charge is 0.145 e. The first-order valence-corrected chi connectivity index (χ1v) is 7.96. The van der Waals surface area contributed by atoms with Gasteiger partial charge in [-0.25, -0.2) is 4.39 Å². The highest BCUT2D eigenvalue weighted by molar-refractivity contribution is 9.10. The Balaban J connectivity index is 1.89. The van der Waals surface area contributed by atoms with Crippen molar-refractivity contribution in [2.45, 2.75) is 46.1 Å². The molecule has 0 spiro atoms. The molecule has 0 aliphatic heterocycles. The van der Waals surface area contributed by atoms with E-state index in [4.69, 9.17) is 10.5 Å². The molecule has 0 saturated heterocycles. The molecular formula is C16H21BrFNO. The second-order valence-corrected chi connectivity index (χ2v) is 7.88. The van der Waals surface area contributed by atoms with Gasteiger partial charge in [0.05, 0.1) is 10.2 Å². The standard InChI is InChI=1S/C16H21BrFNO/c1-15(2)9-4-5-16(15,3)14(6-9)20-13-8-11(18)10(17)7-12(13)19/h7-9,14H,4-6,19H2,1-3H3. The summed E-state index contributed by atoms with van der Waals surface area (Å²) in [6, 6.07) is 2.97. The fraction of sp³-hybridized carbons (Fsp3) is 0.625. The van der Waals surface area contributed by atoms with E-state index in [1.165, 1.54) is 18.9 Å². The molecule has 20 heavy (non-hydrogen) atoms. The zero-order valence-electron chi connectivity index (χ0n) is 12.2. The molecule has 3 atom stereocenters. The van der Waals surface area contributed by atoms with Crippen molar-refractivity contribution < 1.29 is 9.13 Å². The minimum Gasteiger partial charge on any atom is -0.488 e. The third-order valence-electron chi connectivity index (χ3n) is 6.04. The lowest BCUT2D eigenvalue weighted by Gasteiger charge is -2.39. The summed E-state index contributed by atoms with van der Waals surface area (Å²) < 4.78 is 20.2. The molecule has 110 valence electrons. The Morgan fingerprint density at radius 3 is 2.60 bits per heavy atom. The number of ether oxygens (including phenoxy) is 1. The van der Waals surface area contributed by atoms with Gasteiger partial charge in [-0.1, -0.05) is 20.8 Å². The van der Waals surface area contributed by atoms with Gasteiger partial charge in [0.2, 0.25) is 0 Å². The number of nitrogen functional groups attached to an aromatic ring is 1. The van der Waals surface area contributed by atoms with Crippen molar-refractivity contribution in [1.82, 2.24) is 0 Å². The predicted molar refractivity (Wildman–Crippen MR) is 82.2 cm³/mol. The van der Waals surface area contributed by atoms with Crippen molar-refractivity contribution in [2.24, 2.45) is 16.7 Å². The van der Waals surface area contributed by atoms with Crippen LogP contribution in [-0.4, -0.2) is 6.10 Å². The van der Waals surface area contributed by atoms with Gasteiger partial charge >= 0.3 is 0 Å². The van der Waals surface area contributed by atoms with E-state index in [1.807, 2.05) is 0 Å². The fourth-order valence-corrected chi connectivity index (χ4v) is 4.47. The molecule has 2 N–H and O–H groups in total. The fourth-order valence-electron chi connectivity index (χ4n) is 4.11. The molecule has 0 aromatic heterocycles. The molecule has 1 aromatic carbocycles. The van der Waals surface area contributed by atoms with Crippen molar-refractivity contribution in [1.29, 1.82) is 0 Å². The molecule has 0 radical (unpaired) electrons. The van der Waals surface area contributed by atoms with E-state index in [-0.39, 0.29) is 22.8 Å². The molecule has 2 bridgehead atoms. The molecule has 3 rings (SSSR count). The van der Waals surface area contributed by atoms with Gasteiger partial charge < -0.3 is 10.5 Å². The van der Waals surface area contributed by atoms with Gasteiger partial charge in [0.15, 0.2) is 0 Å². The van der Waals surface area contributed by atoms with Crippen LogP contribution < -0.4 is 10.5 Å². The van der Waals surface area contributed by atoms with Crippen molar-refractivity contribution in [3.8, 4) is 5.75 Å². The first-order chi connectivity index (χ1) is 9.25. The maximum atomic E-state index is 13.7. The lowest BCUT2D eigenvalue weighted by molar-refractivity contribution is 0.0304. The highest BCUT2D eigenvalue weighted by Crippen LogP contribution is 2.66. The minimum absolute atomic E-state index is 0.124. The molecule has 0 amide bonds. The van der Waals surface area contributed by atoms with Crippen LogP contribution in [0.4, 0.5) is 10.1 Å². The summed E-state index contributed by atoms with van der Waals surface area (Å²) in [5.41, 5.74) is 6.87. The number of hydrogen-bond donors (Lipinski definition) is 1. The molecule has 2 nitrogen and oxygen atoms in total. The molecule has 2 saturated carbocycles. The summed E-state index contributed by atoms with van der Waals surface area (Å²) in [6.07, 6.45) is 3.61. The first-order valence-electron chi connectivity index (χ1n) is 7.17. The van der Waals surface area contributed by atoms with Gasteiger partial charge in [-0.2, -0.15) is 0 Å². The quantitative estimate of drug-likeness (QED) is 0.786. The van der Waals surface area contributed by atoms with Crippen LogP contribution in [0.15, 0.2) is 16.6 Å². The van der Waals surface area contributed by atoms with Crippen LogP contribution in [0, 0.1) is 22.6 Å². The molecule has 0 heterocycles. The first kappa shape index (κ1) is 14.2. The van der Waals surface area contributed by atoms with Crippen LogP contribution in [0.3, 0.4) is 0 Å². The number of nitrogens with two attached hydrogens (primary N) is 1. The van der Waals surface area contributed by atoms with Crippen LogP contribution in [0.25, 0.3) is 0 Å². The van der Waals surface area contributed by atoms with Crippen molar-refractivity contribution in [3.63, 3.8) is 0 Å². The number of halogens is 2. The minimum atomic E-state index is -0.332. The molecule has 2 fully saturated rings. The molecular weight excluding hydrogens is 321 g/mol. The third-order valence-corrected chi connectivity index (χ3v) is 6.64. The van der Waals surface area contributed by atoms with E-state index >= 15 is 0 Å². The van der Waals surface area contributed by atoms with Crippen molar-refractivity contribution >= 4 is 21.6 Å². The van der Waals surface area contributed by atoms with Gasteiger partial charge in [-0.05, 0) is 52.6 Å². The maximum Gasteiger partial charge on any atom is 0.145 e. The molecule has 2 aliphatic rings. The Kier molecular flexibility index (Phi) is 3.09. The summed E-state index contributed by atoms with van der Waals surface area (Å²) >= 11 is 3.14. The summed E-state index contributed by atoms with van der Waals surface area (Å²) in [5.74, 6) is 0.834. The Bertz CT molecular complexity index is 560. The molecule has 4 heteroatoms. The summed E-state index contributed by atoms with van der Waals surface area (Å²) in [5, 5.41) is 0. The average molecular weight is 342 g/mol. The third kappa shape index (κ3) is 1.80. The second kappa shape index (κ2) is 4.36. The number of rotatable bonds is 2. The topological polar surface area (TPSA) is 35.2 Å².